The molecule has 1 atom stereocenters. The van der Waals surface area contributed by atoms with Gasteiger partial charge in [0.05, 0.1) is 10.9 Å². The highest BCUT2D eigenvalue weighted by Gasteiger charge is 2.34. The predicted octanol–water partition coefficient (Wildman–Crippen LogP) is 3.43. The smallest absolute Gasteiger partial charge is 0.321 e. The van der Waals surface area contributed by atoms with Gasteiger partial charge in [0, 0.05) is 6.54 Å². The molecule has 2 aliphatic heterocycles. The fraction of sp³-hybridized carbons (Fsp3) is 0.250. The number of anilines is 1. The van der Waals surface area contributed by atoms with E-state index in [1.807, 2.05) is 37.3 Å². The molecular weight excluding hydrogens is 456 g/mol. The standard InChI is InChI=1S/C24H24N4O5S/c1-4-25-23(31)27-21(29)15(3)34-24-26-18(11-16-7-10-19-20(12-16)33-13-32-19)22(30)28(24)17-8-5-14(2)6-9-17/h5-12,15H,4,13H2,1-3H3,(H2,25,27,29,31). The third-order valence-electron chi connectivity index (χ3n) is 5.05. The number of amidine groups is 1. The molecule has 2 aliphatic rings. The highest BCUT2D eigenvalue weighted by Crippen LogP contribution is 2.35. The molecule has 0 saturated heterocycles. The van der Waals surface area contributed by atoms with Crippen LogP contribution in [0.25, 0.3) is 6.08 Å². The van der Waals surface area contributed by atoms with Gasteiger partial charge < -0.3 is 14.8 Å². The molecule has 0 bridgehead atoms. The molecule has 176 valence electrons. The van der Waals surface area contributed by atoms with Crippen LogP contribution in [0.4, 0.5) is 10.5 Å². The second kappa shape index (κ2) is 10.0. The third kappa shape index (κ3) is 5.07. The fourth-order valence-electron chi connectivity index (χ4n) is 3.29. The van der Waals surface area contributed by atoms with E-state index >= 15 is 0 Å². The van der Waals surface area contributed by atoms with Crippen LogP contribution in [0.15, 0.2) is 53.2 Å². The summed E-state index contributed by atoms with van der Waals surface area (Å²) in [6, 6.07) is 12.3. The Bertz CT molecular complexity index is 1190. The SMILES string of the molecule is CCNC(=O)NC(=O)C(C)SC1=NC(=Cc2ccc3c(c2)OCO3)C(=O)N1c1ccc(C)cc1. The van der Waals surface area contributed by atoms with Crippen molar-refractivity contribution in [3.63, 3.8) is 0 Å². The Hall–Kier alpha value is -3.79. The molecule has 0 aliphatic carbocycles. The zero-order chi connectivity index (χ0) is 24.2. The molecule has 4 rings (SSSR count). The Morgan fingerprint density at radius 3 is 2.65 bits per heavy atom. The van der Waals surface area contributed by atoms with Crippen molar-refractivity contribution >= 4 is 46.5 Å². The number of carbonyl (C=O) groups is 3. The fourth-order valence-corrected chi connectivity index (χ4v) is 4.21. The molecule has 0 saturated carbocycles. The van der Waals surface area contributed by atoms with Crippen molar-refractivity contribution in [2.75, 3.05) is 18.2 Å². The Morgan fingerprint density at radius 2 is 1.91 bits per heavy atom. The van der Waals surface area contributed by atoms with Crippen molar-refractivity contribution in [1.29, 1.82) is 0 Å². The predicted molar refractivity (Wildman–Crippen MR) is 131 cm³/mol. The van der Waals surface area contributed by atoms with Gasteiger partial charge in [-0.05, 0) is 56.7 Å². The average molecular weight is 481 g/mol. The Labute approximate surface area is 201 Å². The van der Waals surface area contributed by atoms with Gasteiger partial charge in [-0.3, -0.25) is 19.8 Å². The van der Waals surface area contributed by atoms with Crippen molar-refractivity contribution in [2.24, 2.45) is 4.99 Å². The van der Waals surface area contributed by atoms with E-state index in [4.69, 9.17) is 9.47 Å². The van der Waals surface area contributed by atoms with Gasteiger partial charge in [-0.15, -0.1) is 0 Å². The van der Waals surface area contributed by atoms with Crippen LogP contribution in [0, 0.1) is 6.92 Å². The average Bonchev–Trinajstić information content (AvgIpc) is 3.39. The summed E-state index contributed by atoms with van der Waals surface area (Å²) in [6.45, 7) is 5.92. The maximum atomic E-state index is 13.4. The van der Waals surface area contributed by atoms with Crippen molar-refractivity contribution in [2.45, 2.75) is 26.0 Å². The largest absolute Gasteiger partial charge is 0.454 e. The van der Waals surface area contributed by atoms with E-state index in [1.54, 1.807) is 32.1 Å². The lowest BCUT2D eigenvalue weighted by atomic mass is 10.1. The first-order valence-corrected chi connectivity index (χ1v) is 11.6. The summed E-state index contributed by atoms with van der Waals surface area (Å²) < 4.78 is 10.8. The minimum absolute atomic E-state index is 0.157. The summed E-state index contributed by atoms with van der Waals surface area (Å²) in [7, 11) is 0. The number of ether oxygens (including phenoxy) is 2. The molecule has 1 unspecified atom stereocenters. The molecule has 2 N–H and O–H groups in total. The summed E-state index contributed by atoms with van der Waals surface area (Å²) in [5.74, 6) is 0.445. The number of nitrogens with one attached hydrogen (secondary N) is 2. The minimum Gasteiger partial charge on any atom is -0.454 e. The highest BCUT2D eigenvalue weighted by molar-refractivity contribution is 8.15. The Morgan fingerprint density at radius 1 is 1.18 bits per heavy atom. The van der Waals surface area contributed by atoms with Crippen LogP contribution in [0.1, 0.15) is 25.0 Å². The van der Waals surface area contributed by atoms with Crippen LogP contribution in [0.3, 0.4) is 0 Å². The molecule has 9 nitrogen and oxygen atoms in total. The first kappa shape index (κ1) is 23.4. The Balaban J connectivity index is 1.62. The second-order valence-corrected chi connectivity index (χ2v) is 8.93. The maximum Gasteiger partial charge on any atom is 0.321 e. The lowest BCUT2D eigenvalue weighted by Gasteiger charge is -2.20. The number of hydrogen-bond acceptors (Lipinski definition) is 7. The zero-order valence-electron chi connectivity index (χ0n) is 19.0. The number of imide groups is 1. The molecule has 2 aromatic rings. The number of carbonyl (C=O) groups excluding carboxylic acids is 3. The summed E-state index contributed by atoms with van der Waals surface area (Å²) in [4.78, 5) is 43.6. The molecular formula is C24H24N4O5S. The van der Waals surface area contributed by atoms with Crippen molar-refractivity contribution in [3.8, 4) is 11.5 Å². The van der Waals surface area contributed by atoms with E-state index in [0.717, 1.165) is 22.9 Å². The Kier molecular flexibility index (Phi) is 6.87. The van der Waals surface area contributed by atoms with Crippen LogP contribution in [0.5, 0.6) is 11.5 Å². The van der Waals surface area contributed by atoms with Gasteiger partial charge in [0.15, 0.2) is 16.7 Å². The number of benzene rings is 2. The van der Waals surface area contributed by atoms with Gasteiger partial charge in [-0.25, -0.2) is 9.79 Å². The lowest BCUT2D eigenvalue weighted by Crippen LogP contribution is -2.43. The number of nitrogens with zero attached hydrogens (tertiary/aromatic N) is 2. The molecule has 4 amide bonds. The number of amides is 4. The number of urea groups is 1. The highest BCUT2D eigenvalue weighted by atomic mass is 32.2. The van der Waals surface area contributed by atoms with Crippen molar-refractivity contribution < 1.29 is 23.9 Å². The van der Waals surface area contributed by atoms with Gasteiger partial charge in [0.1, 0.15) is 5.70 Å². The number of aliphatic imine (C=N–C) groups is 1. The lowest BCUT2D eigenvalue weighted by molar-refractivity contribution is -0.119. The van der Waals surface area contributed by atoms with Crippen LogP contribution in [0.2, 0.25) is 0 Å². The van der Waals surface area contributed by atoms with E-state index in [-0.39, 0.29) is 18.4 Å². The van der Waals surface area contributed by atoms with Gasteiger partial charge in [0.25, 0.3) is 5.91 Å². The summed E-state index contributed by atoms with van der Waals surface area (Å²) >= 11 is 1.10. The quantitative estimate of drug-likeness (QED) is 0.635. The van der Waals surface area contributed by atoms with E-state index in [0.29, 0.717) is 28.9 Å². The van der Waals surface area contributed by atoms with Crippen LogP contribution < -0.4 is 25.0 Å². The summed E-state index contributed by atoms with van der Waals surface area (Å²) in [5, 5.41) is 4.49. The van der Waals surface area contributed by atoms with Gasteiger partial charge in [0.2, 0.25) is 12.7 Å². The number of aryl methyl sites for hydroxylation is 1. The van der Waals surface area contributed by atoms with Crippen molar-refractivity contribution in [1.82, 2.24) is 10.6 Å². The molecule has 0 fully saturated rings. The first-order chi connectivity index (χ1) is 16.4. The summed E-state index contributed by atoms with van der Waals surface area (Å²) in [6.07, 6.45) is 1.67. The van der Waals surface area contributed by atoms with Crippen molar-refractivity contribution in [3.05, 3.63) is 59.3 Å². The van der Waals surface area contributed by atoms with E-state index < -0.39 is 17.2 Å². The van der Waals surface area contributed by atoms with Gasteiger partial charge in [-0.2, -0.15) is 0 Å². The van der Waals surface area contributed by atoms with E-state index in [2.05, 4.69) is 15.6 Å². The number of rotatable bonds is 5. The molecule has 0 aromatic heterocycles. The van der Waals surface area contributed by atoms with E-state index in [9.17, 15) is 14.4 Å². The monoisotopic (exact) mass is 480 g/mol. The van der Waals surface area contributed by atoms with Gasteiger partial charge >= 0.3 is 6.03 Å². The number of thioether (sulfide) groups is 1. The second-order valence-electron chi connectivity index (χ2n) is 7.62. The zero-order valence-corrected chi connectivity index (χ0v) is 19.8. The third-order valence-corrected chi connectivity index (χ3v) is 6.10. The van der Waals surface area contributed by atoms with E-state index in [1.165, 1.54) is 4.90 Å². The van der Waals surface area contributed by atoms with Crippen LogP contribution >= 0.6 is 11.8 Å². The molecule has 2 aromatic carbocycles. The molecule has 0 spiro atoms. The maximum absolute atomic E-state index is 13.4. The topological polar surface area (TPSA) is 109 Å². The summed E-state index contributed by atoms with van der Waals surface area (Å²) in [5.41, 5.74) is 2.63. The molecule has 34 heavy (non-hydrogen) atoms. The number of fused-ring (bicyclic) bond motifs is 1. The molecule has 10 heteroatoms. The minimum atomic E-state index is -0.674. The first-order valence-electron chi connectivity index (χ1n) is 10.7. The molecule has 0 radical (unpaired) electrons. The normalized spacial score (nSPS) is 16.4. The van der Waals surface area contributed by atoms with Crippen LogP contribution in [-0.4, -0.2) is 41.6 Å². The van der Waals surface area contributed by atoms with Gasteiger partial charge in [-0.1, -0.05) is 35.5 Å². The number of hydrogen-bond donors (Lipinski definition) is 2. The molecule has 2 heterocycles. The van der Waals surface area contributed by atoms with Crippen LogP contribution in [-0.2, 0) is 9.59 Å².